The van der Waals surface area contributed by atoms with E-state index in [1.54, 1.807) is 11.8 Å². The first-order valence-electron chi connectivity index (χ1n) is 3.86. The first kappa shape index (κ1) is 9.61. The summed E-state index contributed by atoms with van der Waals surface area (Å²) in [4.78, 5) is 12.7. The summed E-state index contributed by atoms with van der Waals surface area (Å²) in [5.74, 6) is 0.413. The van der Waals surface area contributed by atoms with Crippen LogP contribution in [0.3, 0.4) is 0 Å². The number of nitrogens with zero attached hydrogens (tertiary/aromatic N) is 1. The topological polar surface area (TPSA) is 52.6 Å². The zero-order chi connectivity index (χ0) is 9.19. The molecular weight excluding hydrogens is 180 g/mol. The molecule has 0 unspecified atom stereocenters. The maximum absolute atomic E-state index is 11.1. The Morgan fingerprint density at radius 1 is 1.75 bits per heavy atom. The number of rotatable bonds is 2. The van der Waals surface area contributed by atoms with Crippen LogP contribution in [-0.4, -0.2) is 47.2 Å². The minimum atomic E-state index is -0.696. The summed E-state index contributed by atoms with van der Waals surface area (Å²) in [5.41, 5.74) is -0.696. The van der Waals surface area contributed by atoms with Gasteiger partial charge in [-0.05, 0) is 6.92 Å². The number of aliphatic hydroxyl groups is 1. The van der Waals surface area contributed by atoms with Crippen molar-refractivity contribution in [2.75, 3.05) is 25.5 Å². The van der Waals surface area contributed by atoms with Crippen molar-refractivity contribution in [3.8, 4) is 0 Å². The molecule has 4 nitrogen and oxygen atoms in total. The van der Waals surface area contributed by atoms with Gasteiger partial charge in [-0.1, -0.05) is 0 Å². The average molecular weight is 193 g/mol. The van der Waals surface area contributed by atoms with Crippen molar-refractivity contribution < 1.29 is 9.90 Å². The molecule has 1 aliphatic heterocycles. The Labute approximate surface area is 76.5 Å². The van der Waals surface area contributed by atoms with Gasteiger partial charge in [0.2, 0.25) is 0 Å². The molecule has 0 aromatic carbocycles. The van der Waals surface area contributed by atoms with E-state index in [9.17, 15) is 9.90 Å². The van der Waals surface area contributed by atoms with Crippen LogP contribution in [0.1, 0.15) is 6.92 Å². The Morgan fingerprint density at radius 3 is 2.75 bits per heavy atom. The zero-order valence-corrected chi connectivity index (χ0v) is 7.76. The molecule has 0 aromatic rings. The number of urea groups is 1. The highest BCUT2D eigenvalue weighted by Crippen LogP contribution is 2.18. The fraction of sp³-hybridized carbons (Fsp3) is 0.857. The van der Waals surface area contributed by atoms with Crippen LogP contribution in [0.4, 0.5) is 4.79 Å². The Balaban J connectivity index is 2.19. The second-order valence-electron chi connectivity index (χ2n) is 3.27. The summed E-state index contributed by atoms with van der Waals surface area (Å²) in [6.45, 7) is 2.99. The number of nitrogens with one attached hydrogen (secondary N) is 1. The smallest absolute Gasteiger partial charge is 0.317 e. The number of amides is 2. The Hall–Kier alpha value is -0.480. The molecule has 0 spiro atoms. The van der Waals surface area contributed by atoms with Gasteiger partial charge in [-0.15, -0.1) is 11.6 Å². The maximum Gasteiger partial charge on any atom is 0.317 e. The fourth-order valence-corrected chi connectivity index (χ4v) is 1.28. The zero-order valence-electron chi connectivity index (χ0n) is 7.01. The van der Waals surface area contributed by atoms with Crippen LogP contribution in [0.25, 0.3) is 0 Å². The molecule has 0 bridgehead atoms. The van der Waals surface area contributed by atoms with E-state index >= 15 is 0 Å². The molecule has 1 saturated heterocycles. The van der Waals surface area contributed by atoms with Crippen molar-refractivity contribution >= 4 is 17.6 Å². The number of likely N-dealkylation sites (tertiary alicyclic amines) is 1. The summed E-state index contributed by atoms with van der Waals surface area (Å²) in [7, 11) is 0. The first-order chi connectivity index (χ1) is 5.55. The highest BCUT2D eigenvalue weighted by atomic mass is 35.5. The highest BCUT2D eigenvalue weighted by molar-refractivity contribution is 6.18. The van der Waals surface area contributed by atoms with Crippen LogP contribution < -0.4 is 5.32 Å². The van der Waals surface area contributed by atoms with Crippen LogP contribution in [0.15, 0.2) is 0 Å². The van der Waals surface area contributed by atoms with Gasteiger partial charge < -0.3 is 15.3 Å². The van der Waals surface area contributed by atoms with Crippen LogP contribution in [-0.2, 0) is 0 Å². The molecule has 0 aromatic heterocycles. The number of carbonyl (C=O) groups is 1. The quantitative estimate of drug-likeness (QED) is 0.606. The molecule has 1 rings (SSSR count). The van der Waals surface area contributed by atoms with Crippen LogP contribution in [0.5, 0.6) is 0 Å². The molecular formula is C7H13ClN2O2. The van der Waals surface area contributed by atoms with Gasteiger partial charge in [-0.2, -0.15) is 0 Å². The Morgan fingerprint density at radius 2 is 2.33 bits per heavy atom. The fourth-order valence-electron chi connectivity index (χ4n) is 1.19. The normalized spacial score (nSPS) is 20.1. The third kappa shape index (κ3) is 2.25. The molecule has 1 fully saturated rings. The number of halogens is 1. The van der Waals surface area contributed by atoms with Crippen LogP contribution >= 0.6 is 11.6 Å². The number of carbonyl (C=O) groups excluding carboxylic acids is 1. The second-order valence-corrected chi connectivity index (χ2v) is 3.65. The minimum Gasteiger partial charge on any atom is -0.386 e. The SMILES string of the molecule is CC1(O)CN(C(=O)NCCCl)C1. The highest BCUT2D eigenvalue weighted by Gasteiger charge is 2.39. The molecule has 1 aliphatic rings. The Bertz CT molecular complexity index is 176. The summed E-state index contributed by atoms with van der Waals surface area (Å²) in [6.07, 6.45) is 0. The van der Waals surface area contributed by atoms with Crippen LogP contribution in [0.2, 0.25) is 0 Å². The van der Waals surface area contributed by atoms with Gasteiger partial charge in [0.1, 0.15) is 0 Å². The number of hydrogen-bond donors (Lipinski definition) is 2. The molecule has 5 heteroatoms. The monoisotopic (exact) mass is 192 g/mol. The maximum atomic E-state index is 11.1. The molecule has 0 saturated carbocycles. The van der Waals surface area contributed by atoms with Gasteiger partial charge in [-0.25, -0.2) is 4.79 Å². The molecule has 0 atom stereocenters. The van der Waals surface area contributed by atoms with Crippen molar-refractivity contribution in [3.05, 3.63) is 0 Å². The predicted molar refractivity (Wildman–Crippen MR) is 46.3 cm³/mol. The largest absolute Gasteiger partial charge is 0.386 e. The molecule has 2 amide bonds. The lowest BCUT2D eigenvalue weighted by molar-refractivity contribution is -0.0605. The standard InChI is InChI=1S/C7H13ClN2O2/c1-7(12)4-10(5-7)6(11)9-3-2-8/h12H,2-5H2,1H3,(H,9,11). The van der Waals surface area contributed by atoms with Crippen molar-refractivity contribution in [2.45, 2.75) is 12.5 Å². The third-order valence-corrected chi connectivity index (χ3v) is 1.91. The van der Waals surface area contributed by atoms with Crippen molar-refractivity contribution in [1.82, 2.24) is 10.2 Å². The van der Waals surface area contributed by atoms with Gasteiger partial charge in [-0.3, -0.25) is 0 Å². The van der Waals surface area contributed by atoms with E-state index in [4.69, 9.17) is 11.6 Å². The summed E-state index contributed by atoms with van der Waals surface area (Å²) in [5, 5.41) is 11.9. The minimum absolute atomic E-state index is 0.151. The van der Waals surface area contributed by atoms with E-state index in [2.05, 4.69) is 5.32 Å². The van der Waals surface area contributed by atoms with Gasteiger partial charge in [0.25, 0.3) is 0 Å². The Kier molecular flexibility index (Phi) is 2.80. The molecule has 2 N–H and O–H groups in total. The second kappa shape index (κ2) is 3.49. The molecule has 0 aliphatic carbocycles. The lowest BCUT2D eigenvalue weighted by Gasteiger charge is -2.43. The molecule has 1 heterocycles. The number of hydrogen-bond acceptors (Lipinski definition) is 2. The van der Waals surface area contributed by atoms with E-state index in [-0.39, 0.29) is 6.03 Å². The van der Waals surface area contributed by atoms with Gasteiger partial charge in [0.15, 0.2) is 0 Å². The lowest BCUT2D eigenvalue weighted by atomic mass is 9.98. The van der Waals surface area contributed by atoms with Gasteiger partial charge in [0.05, 0.1) is 18.7 Å². The molecule has 12 heavy (non-hydrogen) atoms. The van der Waals surface area contributed by atoms with Gasteiger partial charge in [0, 0.05) is 12.4 Å². The van der Waals surface area contributed by atoms with Crippen molar-refractivity contribution in [1.29, 1.82) is 0 Å². The number of alkyl halides is 1. The molecule has 0 radical (unpaired) electrons. The average Bonchev–Trinajstić information content (AvgIpc) is 1.95. The summed E-state index contributed by atoms with van der Waals surface area (Å²) in [6, 6.07) is -0.151. The first-order valence-corrected chi connectivity index (χ1v) is 4.40. The predicted octanol–water partition coefficient (Wildman–Crippen LogP) is 0.00140. The van der Waals surface area contributed by atoms with Crippen LogP contribution in [0, 0.1) is 0 Å². The van der Waals surface area contributed by atoms with E-state index in [1.807, 2.05) is 0 Å². The van der Waals surface area contributed by atoms with E-state index in [1.165, 1.54) is 0 Å². The summed E-state index contributed by atoms with van der Waals surface area (Å²) < 4.78 is 0. The molecule has 70 valence electrons. The summed E-state index contributed by atoms with van der Waals surface area (Å²) >= 11 is 5.38. The third-order valence-electron chi connectivity index (χ3n) is 1.72. The van der Waals surface area contributed by atoms with E-state index in [0.717, 1.165) is 0 Å². The number of β-amino-alcohol motifs (C(OH)–C–C–N with tert-alkyl or cyclic N) is 1. The van der Waals surface area contributed by atoms with Crippen molar-refractivity contribution in [2.24, 2.45) is 0 Å². The van der Waals surface area contributed by atoms with Crippen molar-refractivity contribution in [3.63, 3.8) is 0 Å². The van der Waals surface area contributed by atoms with E-state index < -0.39 is 5.60 Å². The lowest BCUT2D eigenvalue weighted by Crippen LogP contribution is -2.63. The van der Waals surface area contributed by atoms with E-state index in [0.29, 0.717) is 25.5 Å². The van der Waals surface area contributed by atoms with Gasteiger partial charge >= 0.3 is 6.03 Å².